The number of carboxylic acid groups (broad SMARTS) is 1. The largest absolute Gasteiger partial charge is 0.478 e. The van der Waals surface area contributed by atoms with E-state index in [0.29, 0.717) is 44.0 Å². The number of aromatic carboxylic acids is 1. The molecule has 4 rings (SSSR count). The van der Waals surface area contributed by atoms with Gasteiger partial charge in [0.15, 0.2) is 0 Å². The van der Waals surface area contributed by atoms with E-state index in [0.717, 1.165) is 5.56 Å². The minimum atomic E-state index is -3.93. The number of hydrogen-bond acceptors (Lipinski definition) is 5. The maximum absolute atomic E-state index is 13.9. The first-order valence-electron chi connectivity index (χ1n) is 10.9. The zero-order valence-electron chi connectivity index (χ0n) is 18.7. The molecule has 1 heterocycles. The van der Waals surface area contributed by atoms with E-state index in [2.05, 4.69) is 9.62 Å². The monoisotopic (exact) mass is 483 g/mol. The van der Waals surface area contributed by atoms with Gasteiger partial charge < -0.3 is 10.0 Å². The molecule has 1 aliphatic heterocycles. The number of carboxylic acids is 1. The van der Waals surface area contributed by atoms with Crippen molar-refractivity contribution in [3.05, 3.63) is 89.2 Å². The molecule has 0 saturated carbocycles. The molecule has 0 aliphatic carbocycles. The van der Waals surface area contributed by atoms with Crippen LogP contribution in [0.3, 0.4) is 0 Å². The number of halogens is 1. The third-order valence-electron chi connectivity index (χ3n) is 5.90. The Kier molecular flexibility index (Phi) is 6.85. The molecule has 0 bridgehead atoms. The van der Waals surface area contributed by atoms with E-state index in [1.165, 1.54) is 30.3 Å². The summed E-state index contributed by atoms with van der Waals surface area (Å²) in [5, 5.41) is 9.73. The second-order valence-corrected chi connectivity index (χ2v) is 9.99. The summed E-state index contributed by atoms with van der Waals surface area (Å²) in [5.41, 5.74) is 2.15. The summed E-state index contributed by atoms with van der Waals surface area (Å²) in [6.45, 7) is 5.03. The van der Waals surface area contributed by atoms with Gasteiger partial charge in [-0.05, 0) is 43.3 Å². The Morgan fingerprint density at radius 2 is 1.68 bits per heavy atom. The van der Waals surface area contributed by atoms with E-state index in [1.807, 2.05) is 17.9 Å². The number of carbonyl (C=O) groups is 1. The van der Waals surface area contributed by atoms with Crippen molar-refractivity contribution < 1.29 is 22.7 Å². The molecule has 0 amide bonds. The van der Waals surface area contributed by atoms with Gasteiger partial charge >= 0.3 is 5.97 Å². The average Bonchev–Trinajstić information content (AvgIpc) is 2.81. The number of nitrogens with zero attached hydrogens (tertiary/aromatic N) is 2. The molecule has 3 aromatic carbocycles. The predicted molar refractivity (Wildman–Crippen MR) is 129 cm³/mol. The fourth-order valence-electron chi connectivity index (χ4n) is 3.95. The maximum Gasteiger partial charge on any atom is 0.337 e. The standard InChI is InChI=1S/C25H26FN3O4S/c1-18-6-9-21(10-7-18)34(32,33)27-24-11-8-20(16-22(24)25(30)31)29-14-12-28(13-15-29)17-19-4-2-3-5-23(19)26/h2-11,16,27H,12-15,17H2,1H3,(H,30,31). The minimum absolute atomic E-state index is 0.00927. The summed E-state index contributed by atoms with van der Waals surface area (Å²) in [5.74, 6) is -1.44. The third kappa shape index (κ3) is 5.37. The van der Waals surface area contributed by atoms with Crippen molar-refractivity contribution >= 4 is 27.4 Å². The molecule has 0 aromatic heterocycles. The highest BCUT2D eigenvalue weighted by molar-refractivity contribution is 7.92. The number of anilines is 2. The predicted octanol–water partition coefficient (Wildman–Crippen LogP) is 3.96. The van der Waals surface area contributed by atoms with Crippen molar-refractivity contribution in [1.82, 2.24) is 4.90 Å². The quantitative estimate of drug-likeness (QED) is 0.529. The van der Waals surface area contributed by atoms with Gasteiger partial charge in [-0.3, -0.25) is 9.62 Å². The lowest BCUT2D eigenvalue weighted by Crippen LogP contribution is -2.46. The summed E-state index contributed by atoms with van der Waals surface area (Å²) in [4.78, 5) is 16.2. The van der Waals surface area contributed by atoms with E-state index < -0.39 is 16.0 Å². The Hall–Kier alpha value is -3.43. The smallest absolute Gasteiger partial charge is 0.337 e. The van der Waals surface area contributed by atoms with Crippen LogP contribution in [0.25, 0.3) is 0 Å². The van der Waals surface area contributed by atoms with Gasteiger partial charge in [0.05, 0.1) is 16.1 Å². The van der Waals surface area contributed by atoms with Crippen molar-refractivity contribution in [2.45, 2.75) is 18.4 Å². The normalized spacial score (nSPS) is 14.7. The highest BCUT2D eigenvalue weighted by Gasteiger charge is 2.22. The number of rotatable bonds is 7. The van der Waals surface area contributed by atoms with Crippen LogP contribution in [-0.4, -0.2) is 50.6 Å². The number of piperazine rings is 1. The third-order valence-corrected chi connectivity index (χ3v) is 7.28. The first-order valence-corrected chi connectivity index (χ1v) is 12.4. The molecule has 0 spiro atoms. The van der Waals surface area contributed by atoms with E-state index in [9.17, 15) is 22.7 Å². The number of aryl methyl sites for hydroxylation is 1. The molecule has 1 aliphatic rings. The fourth-order valence-corrected chi connectivity index (χ4v) is 5.03. The lowest BCUT2D eigenvalue weighted by atomic mass is 10.1. The number of hydrogen-bond donors (Lipinski definition) is 2. The molecule has 34 heavy (non-hydrogen) atoms. The van der Waals surface area contributed by atoms with Crippen LogP contribution >= 0.6 is 0 Å². The fraction of sp³-hybridized carbons (Fsp3) is 0.240. The SMILES string of the molecule is Cc1ccc(S(=O)(=O)Nc2ccc(N3CCN(Cc4ccccc4F)CC3)cc2C(=O)O)cc1. The van der Waals surface area contributed by atoms with E-state index in [4.69, 9.17) is 0 Å². The van der Waals surface area contributed by atoms with Crippen LogP contribution in [0.1, 0.15) is 21.5 Å². The molecule has 178 valence electrons. The molecule has 7 nitrogen and oxygen atoms in total. The molecule has 0 atom stereocenters. The molecule has 3 aromatic rings. The van der Waals surface area contributed by atoms with Gasteiger partial charge in [-0.25, -0.2) is 17.6 Å². The van der Waals surface area contributed by atoms with Gasteiger partial charge in [-0.15, -0.1) is 0 Å². The van der Waals surface area contributed by atoms with Gasteiger partial charge in [0.1, 0.15) is 5.82 Å². The molecule has 0 unspecified atom stereocenters. The van der Waals surface area contributed by atoms with E-state index in [-0.39, 0.29) is 22.0 Å². The van der Waals surface area contributed by atoms with Crippen molar-refractivity contribution in [2.75, 3.05) is 35.8 Å². The Bertz CT molecular complexity index is 1290. The number of sulfonamides is 1. The molecule has 1 saturated heterocycles. The summed E-state index contributed by atoms with van der Waals surface area (Å²) in [6, 6.07) is 17.7. The van der Waals surface area contributed by atoms with Crippen molar-refractivity contribution in [3.63, 3.8) is 0 Å². The zero-order valence-corrected chi connectivity index (χ0v) is 19.6. The van der Waals surface area contributed by atoms with Crippen molar-refractivity contribution in [2.24, 2.45) is 0 Å². The van der Waals surface area contributed by atoms with Crippen molar-refractivity contribution in [1.29, 1.82) is 0 Å². The molecule has 2 N–H and O–H groups in total. The Labute approximate surface area is 198 Å². The summed E-state index contributed by atoms with van der Waals surface area (Å²) in [7, 11) is -3.93. The average molecular weight is 484 g/mol. The van der Waals surface area contributed by atoms with E-state index >= 15 is 0 Å². The molecular weight excluding hydrogens is 457 g/mol. The van der Waals surface area contributed by atoms with Gasteiger partial charge in [0, 0.05) is 44.0 Å². The van der Waals surface area contributed by atoms with Crippen molar-refractivity contribution in [3.8, 4) is 0 Å². The number of nitrogens with one attached hydrogen (secondary N) is 1. The second-order valence-electron chi connectivity index (χ2n) is 8.31. The minimum Gasteiger partial charge on any atom is -0.478 e. The lowest BCUT2D eigenvalue weighted by Gasteiger charge is -2.36. The van der Waals surface area contributed by atoms with Gasteiger partial charge in [-0.1, -0.05) is 35.9 Å². The summed E-state index contributed by atoms with van der Waals surface area (Å²) < 4.78 is 41.8. The van der Waals surface area contributed by atoms with Gasteiger partial charge in [-0.2, -0.15) is 0 Å². The highest BCUT2D eigenvalue weighted by atomic mass is 32.2. The number of benzene rings is 3. The Morgan fingerprint density at radius 1 is 1.00 bits per heavy atom. The summed E-state index contributed by atoms with van der Waals surface area (Å²) >= 11 is 0. The summed E-state index contributed by atoms with van der Waals surface area (Å²) in [6.07, 6.45) is 0. The zero-order chi connectivity index (χ0) is 24.3. The van der Waals surface area contributed by atoms with Crippen LogP contribution < -0.4 is 9.62 Å². The molecule has 9 heteroatoms. The first-order chi connectivity index (χ1) is 16.2. The van der Waals surface area contributed by atoms with E-state index in [1.54, 1.807) is 30.3 Å². The van der Waals surface area contributed by atoms with Crippen LogP contribution in [0.15, 0.2) is 71.6 Å². The van der Waals surface area contributed by atoms with Crippen LogP contribution in [-0.2, 0) is 16.6 Å². The Morgan fingerprint density at radius 3 is 2.32 bits per heavy atom. The first kappa shape index (κ1) is 23.7. The second kappa shape index (κ2) is 9.82. The van der Waals surface area contributed by atoms with Gasteiger partial charge in [0.2, 0.25) is 0 Å². The highest BCUT2D eigenvalue weighted by Crippen LogP contribution is 2.27. The van der Waals surface area contributed by atoms with Crippen LogP contribution in [0, 0.1) is 12.7 Å². The van der Waals surface area contributed by atoms with Crippen LogP contribution in [0.2, 0.25) is 0 Å². The van der Waals surface area contributed by atoms with Crippen LogP contribution in [0.4, 0.5) is 15.8 Å². The Balaban J connectivity index is 1.47. The maximum atomic E-state index is 13.9. The topological polar surface area (TPSA) is 90.0 Å². The molecule has 0 radical (unpaired) electrons. The van der Waals surface area contributed by atoms with Crippen LogP contribution in [0.5, 0.6) is 0 Å². The molecular formula is C25H26FN3O4S. The molecule has 1 fully saturated rings. The lowest BCUT2D eigenvalue weighted by molar-refractivity contribution is 0.0698. The van der Waals surface area contributed by atoms with Gasteiger partial charge in [0.25, 0.3) is 10.0 Å².